The molecule has 1 aliphatic carbocycles. The van der Waals surface area contributed by atoms with Crippen molar-refractivity contribution in [1.82, 2.24) is 20.7 Å². The minimum atomic E-state index is -0.947. The van der Waals surface area contributed by atoms with Gasteiger partial charge in [0.05, 0.1) is 6.54 Å². The first-order valence-corrected chi connectivity index (χ1v) is 9.08. The predicted octanol–water partition coefficient (Wildman–Crippen LogP) is 1.46. The van der Waals surface area contributed by atoms with Crippen LogP contribution >= 0.6 is 11.3 Å². The highest BCUT2D eigenvalue weighted by Gasteiger charge is 2.47. The van der Waals surface area contributed by atoms with E-state index in [1.807, 2.05) is 18.4 Å². The van der Waals surface area contributed by atoms with Crippen LogP contribution < -0.4 is 10.7 Å². The van der Waals surface area contributed by atoms with Crippen LogP contribution in [0.1, 0.15) is 38.7 Å². The number of thiophene rings is 1. The van der Waals surface area contributed by atoms with E-state index in [2.05, 4.69) is 21.0 Å². The Balaban J connectivity index is 1.60. The Morgan fingerprint density at radius 2 is 2.25 bits per heavy atom. The van der Waals surface area contributed by atoms with Crippen molar-refractivity contribution < 1.29 is 14.4 Å². The largest absolute Gasteiger partial charge is 0.344 e. The number of nitrogens with one attached hydrogen (secondary N) is 2. The molecule has 0 bridgehead atoms. The van der Waals surface area contributed by atoms with Crippen molar-refractivity contribution in [3.63, 3.8) is 0 Å². The SMILES string of the molecule is CCC1(C)NC(=O)N(NC(=O)CN(Cc2ccsc2)C2CC2)C1=O. The molecule has 1 aromatic rings. The Bertz CT molecular complexity index is 644. The molecule has 3 rings (SSSR count). The zero-order chi connectivity index (χ0) is 17.3. The first-order valence-electron chi connectivity index (χ1n) is 8.14. The molecule has 1 unspecified atom stereocenters. The number of nitrogens with zero attached hydrogens (tertiary/aromatic N) is 2. The van der Waals surface area contributed by atoms with E-state index in [-0.39, 0.29) is 12.5 Å². The van der Waals surface area contributed by atoms with E-state index in [0.717, 1.165) is 17.9 Å². The number of hydrazine groups is 1. The fraction of sp³-hybridized carbons (Fsp3) is 0.562. The van der Waals surface area contributed by atoms with Gasteiger partial charge in [-0.3, -0.25) is 19.9 Å². The van der Waals surface area contributed by atoms with Gasteiger partial charge in [-0.2, -0.15) is 16.3 Å². The molecule has 4 amide bonds. The lowest BCUT2D eigenvalue weighted by atomic mass is 10.00. The average Bonchev–Trinajstić information content (AvgIpc) is 3.23. The minimum absolute atomic E-state index is 0.167. The van der Waals surface area contributed by atoms with Gasteiger partial charge in [-0.05, 0) is 48.6 Å². The average molecular weight is 350 g/mol. The van der Waals surface area contributed by atoms with Crippen molar-refractivity contribution in [2.75, 3.05) is 6.54 Å². The smallest absolute Gasteiger partial charge is 0.322 e. The van der Waals surface area contributed by atoms with E-state index in [1.54, 1.807) is 18.3 Å². The number of hydrogen-bond acceptors (Lipinski definition) is 5. The number of amides is 4. The van der Waals surface area contributed by atoms with E-state index >= 15 is 0 Å². The van der Waals surface area contributed by atoms with Crippen LogP contribution in [0.2, 0.25) is 0 Å². The molecule has 1 saturated heterocycles. The standard InChI is InChI=1S/C16H22N4O3S/c1-3-16(2)14(22)20(15(23)17-16)18-13(21)9-19(12-4-5-12)8-11-6-7-24-10-11/h6-7,10,12H,3-5,8-9H2,1-2H3,(H,17,23)(H,18,21). The Morgan fingerprint density at radius 3 is 2.79 bits per heavy atom. The van der Waals surface area contributed by atoms with E-state index < -0.39 is 17.5 Å². The van der Waals surface area contributed by atoms with Crippen LogP contribution in [0.15, 0.2) is 16.8 Å². The van der Waals surface area contributed by atoms with Crippen molar-refractivity contribution in [3.8, 4) is 0 Å². The van der Waals surface area contributed by atoms with E-state index in [9.17, 15) is 14.4 Å². The van der Waals surface area contributed by atoms with Crippen molar-refractivity contribution in [1.29, 1.82) is 0 Å². The number of rotatable bonds is 7. The Morgan fingerprint density at radius 1 is 1.50 bits per heavy atom. The molecule has 1 aromatic heterocycles. The quantitative estimate of drug-likeness (QED) is 0.730. The van der Waals surface area contributed by atoms with Crippen LogP contribution in [-0.2, 0) is 16.1 Å². The molecule has 1 aliphatic heterocycles. The van der Waals surface area contributed by atoms with Crippen molar-refractivity contribution in [2.24, 2.45) is 0 Å². The van der Waals surface area contributed by atoms with Crippen LogP contribution in [0.25, 0.3) is 0 Å². The Hall–Kier alpha value is -1.93. The summed E-state index contributed by atoms with van der Waals surface area (Å²) >= 11 is 1.63. The normalized spacial score (nSPS) is 23.7. The molecular weight excluding hydrogens is 328 g/mol. The number of urea groups is 1. The molecular formula is C16H22N4O3S. The first kappa shape index (κ1) is 16.9. The first-order chi connectivity index (χ1) is 11.4. The highest BCUT2D eigenvalue weighted by atomic mass is 32.1. The molecule has 2 aliphatic rings. The third kappa shape index (κ3) is 3.44. The fourth-order valence-electron chi connectivity index (χ4n) is 2.74. The van der Waals surface area contributed by atoms with E-state index in [1.165, 1.54) is 5.56 Å². The highest BCUT2D eigenvalue weighted by Crippen LogP contribution is 2.28. The molecule has 130 valence electrons. The van der Waals surface area contributed by atoms with Gasteiger partial charge in [0.15, 0.2) is 0 Å². The molecule has 1 saturated carbocycles. The molecule has 0 spiro atoms. The summed E-state index contributed by atoms with van der Waals surface area (Å²) < 4.78 is 0. The number of carbonyl (C=O) groups excluding carboxylic acids is 3. The molecule has 0 radical (unpaired) electrons. The number of imide groups is 1. The summed E-state index contributed by atoms with van der Waals surface area (Å²) in [5, 5.41) is 7.51. The van der Waals surface area contributed by atoms with Gasteiger partial charge in [0, 0.05) is 12.6 Å². The zero-order valence-electron chi connectivity index (χ0n) is 13.9. The highest BCUT2D eigenvalue weighted by molar-refractivity contribution is 7.07. The molecule has 24 heavy (non-hydrogen) atoms. The van der Waals surface area contributed by atoms with Gasteiger partial charge >= 0.3 is 6.03 Å². The molecule has 8 heteroatoms. The van der Waals surface area contributed by atoms with E-state index in [0.29, 0.717) is 19.0 Å². The molecule has 2 N–H and O–H groups in total. The summed E-state index contributed by atoms with van der Waals surface area (Å²) in [5.74, 6) is -0.764. The summed E-state index contributed by atoms with van der Waals surface area (Å²) in [7, 11) is 0. The van der Waals surface area contributed by atoms with Gasteiger partial charge in [-0.1, -0.05) is 6.92 Å². The Kier molecular flexibility index (Phi) is 4.60. The molecule has 1 atom stereocenters. The summed E-state index contributed by atoms with van der Waals surface area (Å²) in [6.45, 7) is 4.35. The number of hydrogen-bond donors (Lipinski definition) is 2. The van der Waals surface area contributed by atoms with Crippen LogP contribution in [0.3, 0.4) is 0 Å². The lowest BCUT2D eigenvalue weighted by Gasteiger charge is -2.23. The third-order valence-corrected chi connectivity index (χ3v) is 5.31. The molecule has 2 heterocycles. The molecule has 0 aromatic carbocycles. The second-order valence-electron chi connectivity index (χ2n) is 6.56. The van der Waals surface area contributed by atoms with Crippen LogP contribution in [-0.4, -0.2) is 45.9 Å². The zero-order valence-corrected chi connectivity index (χ0v) is 14.7. The summed E-state index contributed by atoms with van der Waals surface area (Å²) in [6, 6.07) is 1.87. The van der Waals surface area contributed by atoms with Gasteiger partial charge in [0.1, 0.15) is 5.54 Å². The summed E-state index contributed by atoms with van der Waals surface area (Å²) in [6.07, 6.45) is 2.62. The summed E-state index contributed by atoms with van der Waals surface area (Å²) in [4.78, 5) is 38.7. The van der Waals surface area contributed by atoms with Gasteiger partial charge in [0.2, 0.25) is 0 Å². The maximum atomic E-state index is 12.3. The van der Waals surface area contributed by atoms with Crippen LogP contribution in [0, 0.1) is 0 Å². The van der Waals surface area contributed by atoms with Crippen molar-refractivity contribution in [3.05, 3.63) is 22.4 Å². The second-order valence-corrected chi connectivity index (χ2v) is 7.34. The number of carbonyl (C=O) groups is 3. The maximum absolute atomic E-state index is 12.3. The van der Waals surface area contributed by atoms with Gasteiger partial charge < -0.3 is 5.32 Å². The monoisotopic (exact) mass is 350 g/mol. The van der Waals surface area contributed by atoms with Crippen LogP contribution in [0.4, 0.5) is 4.79 Å². The fourth-order valence-corrected chi connectivity index (χ4v) is 3.40. The molecule has 2 fully saturated rings. The molecule has 7 nitrogen and oxygen atoms in total. The Labute approximate surface area is 145 Å². The third-order valence-electron chi connectivity index (χ3n) is 4.58. The van der Waals surface area contributed by atoms with Gasteiger partial charge in [0.25, 0.3) is 11.8 Å². The van der Waals surface area contributed by atoms with Crippen molar-refractivity contribution in [2.45, 2.75) is 51.2 Å². The minimum Gasteiger partial charge on any atom is -0.322 e. The lowest BCUT2D eigenvalue weighted by Crippen LogP contribution is -2.51. The summed E-state index contributed by atoms with van der Waals surface area (Å²) in [5.41, 5.74) is 2.68. The topological polar surface area (TPSA) is 81.8 Å². The van der Waals surface area contributed by atoms with E-state index in [4.69, 9.17) is 0 Å². The van der Waals surface area contributed by atoms with Gasteiger partial charge in [-0.25, -0.2) is 4.79 Å². The van der Waals surface area contributed by atoms with Crippen molar-refractivity contribution >= 4 is 29.2 Å². The second kappa shape index (κ2) is 6.52. The lowest BCUT2D eigenvalue weighted by molar-refractivity contribution is -0.139. The van der Waals surface area contributed by atoms with Crippen LogP contribution in [0.5, 0.6) is 0 Å². The maximum Gasteiger partial charge on any atom is 0.344 e. The van der Waals surface area contributed by atoms with Gasteiger partial charge in [-0.15, -0.1) is 0 Å². The predicted molar refractivity (Wildman–Crippen MR) is 90.0 cm³/mol.